The van der Waals surface area contributed by atoms with Gasteiger partial charge in [-0.3, -0.25) is 0 Å². The molecule has 7 heteroatoms. The first kappa shape index (κ1) is 17.0. The summed E-state index contributed by atoms with van der Waals surface area (Å²) in [5, 5.41) is 9.04. The van der Waals surface area contributed by atoms with Gasteiger partial charge in [0, 0.05) is 12.8 Å². The van der Waals surface area contributed by atoms with Crippen LogP contribution in [0.2, 0.25) is 0 Å². The number of rotatable bonds is 5. The first-order chi connectivity index (χ1) is 11.6. The van der Waals surface area contributed by atoms with Crippen LogP contribution in [0.3, 0.4) is 0 Å². The minimum Gasteiger partial charge on any atom is -0.496 e. The van der Waals surface area contributed by atoms with Crippen LogP contribution < -0.4 is 4.74 Å². The molecule has 0 aliphatic heterocycles. The van der Waals surface area contributed by atoms with Crippen LogP contribution in [0.1, 0.15) is 5.56 Å². The second-order valence-electron chi connectivity index (χ2n) is 5.10. The average Bonchev–Trinajstić information content (AvgIpc) is 2.94. The molecular weight excluding hydrogens is 393 g/mol. The highest BCUT2D eigenvalue weighted by molar-refractivity contribution is 9.10. The second kappa shape index (κ2) is 7.36. The van der Waals surface area contributed by atoms with Crippen LogP contribution in [0, 0.1) is 5.82 Å². The number of aromatic nitrogens is 3. The van der Waals surface area contributed by atoms with E-state index in [-0.39, 0.29) is 5.82 Å². The largest absolute Gasteiger partial charge is 0.496 e. The molecule has 0 N–H and O–H groups in total. The number of halogens is 2. The predicted octanol–water partition coefficient (Wildman–Crippen LogP) is 4.68. The Kier molecular flexibility index (Phi) is 5.20. The Labute approximate surface area is 152 Å². The molecule has 0 saturated heterocycles. The summed E-state index contributed by atoms with van der Waals surface area (Å²) in [5.41, 5.74) is 1.58. The molecule has 0 fully saturated rings. The van der Waals surface area contributed by atoms with Crippen molar-refractivity contribution in [3.63, 3.8) is 0 Å². The second-order valence-corrected chi connectivity index (χ2v) is 6.90. The molecule has 0 bridgehead atoms. The van der Waals surface area contributed by atoms with Gasteiger partial charge in [0.25, 0.3) is 0 Å². The molecule has 24 heavy (non-hydrogen) atoms. The van der Waals surface area contributed by atoms with Gasteiger partial charge in [0.05, 0.1) is 17.1 Å². The van der Waals surface area contributed by atoms with Crippen LogP contribution in [0.5, 0.6) is 5.75 Å². The average molecular weight is 408 g/mol. The maximum atomic E-state index is 13.9. The molecule has 0 spiro atoms. The van der Waals surface area contributed by atoms with Crippen molar-refractivity contribution >= 4 is 27.7 Å². The lowest BCUT2D eigenvalue weighted by Gasteiger charge is -2.07. The monoisotopic (exact) mass is 407 g/mol. The lowest BCUT2D eigenvalue weighted by Crippen LogP contribution is -1.96. The fourth-order valence-corrected chi connectivity index (χ4v) is 3.71. The Morgan fingerprint density at radius 1 is 1.21 bits per heavy atom. The van der Waals surface area contributed by atoms with Gasteiger partial charge >= 0.3 is 0 Å². The normalized spacial score (nSPS) is 10.8. The fraction of sp³-hybridized carbons (Fsp3) is 0.176. The number of methoxy groups -OCH3 is 1. The van der Waals surface area contributed by atoms with E-state index in [1.807, 2.05) is 29.8 Å². The predicted molar refractivity (Wildman–Crippen MR) is 96.7 cm³/mol. The van der Waals surface area contributed by atoms with E-state index in [0.717, 1.165) is 26.7 Å². The number of ether oxygens (including phenoxy) is 1. The Hall–Kier alpha value is -1.86. The molecule has 4 nitrogen and oxygen atoms in total. The Morgan fingerprint density at radius 2 is 2.00 bits per heavy atom. The maximum absolute atomic E-state index is 13.9. The van der Waals surface area contributed by atoms with Gasteiger partial charge in [0.15, 0.2) is 11.0 Å². The van der Waals surface area contributed by atoms with Gasteiger partial charge < -0.3 is 9.30 Å². The molecule has 3 aromatic rings. The minimum atomic E-state index is -0.302. The molecule has 0 amide bonds. The molecule has 124 valence electrons. The molecule has 0 radical (unpaired) electrons. The van der Waals surface area contributed by atoms with Crippen molar-refractivity contribution < 1.29 is 9.13 Å². The van der Waals surface area contributed by atoms with Crippen LogP contribution in [-0.4, -0.2) is 21.9 Å². The lowest BCUT2D eigenvalue weighted by atomic mass is 10.2. The van der Waals surface area contributed by atoms with Crippen molar-refractivity contribution in [2.45, 2.75) is 10.9 Å². The maximum Gasteiger partial charge on any atom is 0.191 e. The van der Waals surface area contributed by atoms with Crippen LogP contribution in [0.15, 0.2) is 52.1 Å². The van der Waals surface area contributed by atoms with Gasteiger partial charge in [-0.15, -0.1) is 10.2 Å². The summed E-state index contributed by atoms with van der Waals surface area (Å²) in [6, 6.07) is 12.5. The summed E-state index contributed by atoms with van der Waals surface area (Å²) in [4.78, 5) is 0. The van der Waals surface area contributed by atoms with Gasteiger partial charge in [-0.1, -0.05) is 30.0 Å². The molecule has 0 unspecified atom stereocenters. The summed E-state index contributed by atoms with van der Waals surface area (Å²) in [6.07, 6.45) is 0. The fourth-order valence-electron chi connectivity index (χ4n) is 2.27. The molecular formula is C17H15BrFN3OS. The highest BCUT2D eigenvalue weighted by atomic mass is 79.9. The van der Waals surface area contributed by atoms with E-state index in [1.165, 1.54) is 6.07 Å². The number of thioether (sulfide) groups is 1. The van der Waals surface area contributed by atoms with E-state index in [9.17, 15) is 4.39 Å². The van der Waals surface area contributed by atoms with Gasteiger partial charge in [0.2, 0.25) is 0 Å². The molecule has 0 saturated carbocycles. The van der Waals surface area contributed by atoms with E-state index < -0.39 is 0 Å². The molecule has 1 heterocycles. The number of hydrogen-bond donors (Lipinski definition) is 0. The Balaban J connectivity index is 1.78. The van der Waals surface area contributed by atoms with Crippen LogP contribution in [0.25, 0.3) is 11.4 Å². The highest BCUT2D eigenvalue weighted by Crippen LogP contribution is 2.30. The van der Waals surface area contributed by atoms with Crippen molar-refractivity contribution in [3.05, 3.63) is 58.3 Å². The van der Waals surface area contributed by atoms with Gasteiger partial charge in [0.1, 0.15) is 11.6 Å². The van der Waals surface area contributed by atoms with E-state index in [1.54, 1.807) is 37.1 Å². The van der Waals surface area contributed by atoms with Crippen LogP contribution >= 0.6 is 27.7 Å². The number of hydrogen-bond acceptors (Lipinski definition) is 4. The molecule has 3 rings (SSSR count). The number of benzene rings is 2. The summed E-state index contributed by atoms with van der Waals surface area (Å²) >= 11 is 5.03. The topological polar surface area (TPSA) is 39.9 Å². The molecule has 0 aliphatic rings. The summed E-state index contributed by atoms with van der Waals surface area (Å²) in [7, 11) is 3.48. The standard InChI is InChI=1S/C17H15BrFN3OS/c1-22-16(12-5-3-4-6-14(12)19)20-21-17(22)24-10-11-7-8-15(23-2)13(18)9-11/h3-9H,10H2,1-2H3. The number of nitrogens with zero attached hydrogens (tertiary/aromatic N) is 3. The van der Waals surface area contributed by atoms with E-state index in [4.69, 9.17) is 4.74 Å². The summed E-state index contributed by atoms with van der Waals surface area (Å²) in [6.45, 7) is 0. The van der Waals surface area contributed by atoms with Gasteiger partial charge in [-0.05, 0) is 45.8 Å². The Bertz CT molecular complexity index is 869. The third-order valence-electron chi connectivity index (χ3n) is 3.53. The zero-order valence-corrected chi connectivity index (χ0v) is 15.6. The van der Waals surface area contributed by atoms with Crippen molar-refractivity contribution in [2.24, 2.45) is 7.05 Å². The zero-order valence-electron chi connectivity index (χ0n) is 13.2. The molecule has 1 aromatic heterocycles. The quantitative estimate of drug-likeness (QED) is 0.575. The lowest BCUT2D eigenvalue weighted by molar-refractivity contribution is 0.412. The van der Waals surface area contributed by atoms with Crippen molar-refractivity contribution in [1.82, 2.24) is 14.8 Å². The van der Waals surface area contributed by atoms with E-state index in [0.29, 0.717) is 11.4 Å². The van der Waals surface area contributed by atoms with Crippen molar-refractivity contribution in [2.75, 3.05) is 7.11 Å². The summed E-state index contributed by atoms with van der Waals surface area (Å²) < 4.78 is 21.9. The SMILES string of the molecule is COc1ccc(CSc2nnc(-c3ccccc3F)n2C)cc1Br. The Morgan fingerprint density at radius 3 is 2.71 bits per heavy atom. The molecule has 0 atom stereocenters. The smallest absolute Gasteiger partial charge is 0.191 e. The van der Waals surface area contributed by atoms with Gasteiger partial charge in [-0.25, -0.2) is 4.39 Å². The zero-order chi connectivity index (χ0) is 17.1. The van der Waals surface area contributed by atoms with Crippen molar-refractivity contribution in [1.29, 1.82) is 0 Å². The van der Waals surface area contributed by atoms with E-state index >= 15 is 0 Å². The molecule has 0 aliphatic carbocycles. The first-order valence-corrected chi connectivity index (χ1v) is 8.97. The third-order valence-corrected chi connectivity index (χ3v) is 5.24. The minimum absolute atomic E-state index is 0.302. The highest BCUT2D eigenvalue weighted by Gasteiger charge is 2.14. The van der Waals surface area contributed by atoms with Crippen LogP contribution in [0.4, 0.5) is 4.39 Å². The van der Waals surface area contributed by atoms with Crippen molar-refractivity contribution in [3.8, 4) is 17.1 Å². The van der Waals surface area contributed by atoms with E-state index in [2.05, 4.69) is 26.1 Å². The van der Waals surface area contributed by atoms with Gasteiger partial charge in [-0.2, -0.15) is 0 Å². The first-order valence-electron chi connectivity index (χ1n) is 7.19. The third kappa shape index (κ3) is 3.47. The summed E-state index contributed by atoms with van der Waals surface area (Å²) in [5.74, 6) is 1.74. The van der Waals surface area contributed by atoms with Crippen LogP contribution in [-0.2, 0) is 12.8 Å². The molecule has 2 aromatic carbocycles.